The largest absolute Gasteiger partial charge is 0.337 e. The molecule has 3 N–H and O–H groups in total. The Bertz CT molecular complexity index is 582. The van der Waals surface area contributed by atoms with Gasteiger partial charge in [-0.25, -0.2) is 17.9 Å². The van der Waals surface area contributed by atoms with Crippen molar-refractivity contribution in [1.29, 1.82) is 0 Å². The molecule has 0 aliphatic heterocycles. The molecule has 7 heteroatoms. The highest BCUT2D eigenvalue weighted by Crippen LogP contribution is 2.43. The van der Waals surface area contributed by atoms with Gasteiger partial charge in [-0.1, -0.05) is 18.2 Å². The van der Waals surface area contributed by atoms with Crippen molar-refractivity contribution in [2.45, 2.75) is 18.8 Å². The van der Waals surface area contributed by atoms with Gasteiger partial charge in [-0.2, -0.15) is 0 Å². The number of hydrogen-bond donors (Lipinski definition) is 3. The smallest absolute Gasteiger partial charge is 0.319 e. The highest BCUT2D eigenvalue weighted by Gasteiger charge is 2.26. The maximum absolute atomic E-state index is 11.7. The van der Waals surface area contributed by atoms with Gasteiger partial charge >= 0.3 is 6.03 Å². The molecule has 0 atom stereocenters. The fourth-order valence-electron chi connectivity index (χ4n) is 1.93. The van der Waals surface area contributed by atoms with Crippen molar-refractivity contribution in [3.63, 3.8) is 0 Å². The lowest BCUT2D eigenvalue weighted by Gasteiger charge is -2.11. The third-order valence-electron chi connectivity index (χ3n) is 3.19. The van der Waals surface area contributed by atoms with Crippen molar-refractivity contribution in [2.24, 2.45) is 0 Å². The van der Waals surface area contributed by atoms with E-state index in [0.717, 1.165) is 24.1 Å². The number of carbonyl (C=O) groups excluding carboxylic acids is 1. The summed E-state index contributed by atoms with van der Waals surface area (Å²) in [6.45, 7) is 0.0700. The van der Waals surface area contributed by atoms with Crippen molar-refractivity contribution >= 4 is 21.7 Å². The zero-order chi connectivity index (χ0) is 14.6. The van der Waals surface area contributed by atoms with Crippen molar-refractivity contribution in [1.82, 2.24) is 10.0 Å². The molecule has 6 nitrogen and oxygen atoms in total. The number of hydrogen-bond acceptors (Lipinski definition) is 3. The minimum atomic E-state index is -3.29. The molecule has 2 rings (SSSR count). The van der Waals surface area contributed by atoms with Crippen molar-refractivity contribution < 1.29 is 13.2 Å². The first-order valence-electron chi connectivity index (χ1n) is 6.57. The van der Waals surface area contributed by atoms with E-state index >= 15 is 0 Å². The second-order valence-corrected chi connectivity index (χ2v) is 6.81. The van der Waals surface area contributed by atoms with Gasteiger partial charge in [0.05, 0.1) is 5.75 Å². The standard InChI is InChI=1S/C13H19N3O3S/c1-14-20(18,19)9-8-15-13(17)16-12-5-3-2-4-11(12)10-6-7-10/h2-5,10,14H,6-9H2,1H3,(H2,15,16,17). The molecule has 20 heavy (non-hydrogen) atoms. The van der Waals surface area contributed by atoms with Gasteiger partial charge in [-0.15, -0.1) is 0 Å². The molecule has 1 saturated carbocycles. The second-order valence-electron chi connectivity index (χ2n) is 4.77. The molecule has 0 aromatic heterocycles. The van der Waals surface area contributed by atoms with E-state index in [1.54, 1.807) is 0 Å². The Morgan fingerprint density at radius 2 is 2.00 bits per heavy atom. The first kappa shape index (κ1) is 14.8. The quantitative estimate of drug-likeness (QED) is 0.738. The van der Waals surface area contributed by atoms with Gasteiger partial charge in [-0.05, 0) is 37.4 Å². The molecule has 0 spiro atoms. The number of carbonyl (C=O) groups is 1. The number of nitrogens with one attached hydrogen (secondary N) is 3. The van der Waals surface area contributed by atoms with Crippen LogP contribution in [0, 0.1) is 0 Å². The van der Waals surface area contributed by atoms with Gasteiger partial charge in [0.2, 0.25) is 10.0 Å². The third kappa shape index (κ3) is 4.21. The predicted molar refractivity (Wildman–Crippen MR) is 78.3 cm³/mol. The number of sulfonamides is 1. The zero-order valence-corrected chi connectivity index (χ0v) is 12.2. The molecule has 0 saturated heterocycles. The van der Waals surface area contributed by atoms with Crippen LogP contribution in [0.3, 0.4) is 0 Å². The molecule has 1 aliphatic rings. The maximum Gasteiger partial charge on any atom is 0.319 e. The Morgan fingerprint density at radius 1 is 1.30 bits per heavy atom. The van der Waals surface area contributed by atoms with E-state index in [4.69, 9.17) is 0 Å². The van der Waals surface area contributed by atoms with Crippen molar-refractivity contribution in [3.8, 4) is 0 Å². The Labute approximate surface area is 119 Å². The minimum Gasteiger partial charge on any atom is -0.337 e. The number of urea groups is 1. The highest BCUT2D eigenvalue weighted by atomic mass is 32.2. The van der Waals surface area contributed by atoms with Gasteiger partial charge < -0.3 is 10.6 Å². The van der Waals surface area contributed by atoms with Crippen LogP contribution in [0.5, 0.6) is 0 Å². The van der Waals surface area contributed by atoms with Crippen LogP contribution in [-0.4, -0.2) is 33.8 Å². The Hall–Kier alpha value is -1.60. The molecule has 0 radical (unpaired) electrons. The summed E-state index contributed by atoms with van der Waals surface area (Å²) < 4.78 is 24.6. The Kier molecular flexibility index (Phi) is 4.61. The number of para-hydroxylation sites is 1. The van der Waals surface area contributed by atoms with Crippen LogP contribution in [0.15, 0.2) is 24.3 Å². The Balaban J connectivity index is 1.86. The van der Waals surface area contributed by atoms with Crippen LogP contribution in [0.4, 0.5) is 10.5 Å². The minimum absolute atomic E-state index is 0.0700. The fourth-order valence-corrected chi connectivity index (χ4v) is 2.50. The molecule has 0 heterocycles. The SMILES string of the molecule is CNS(=O)(=O)CCNC(=O)Nc1ccccc1C1CC1. The molecule has 2 amide bonds. The number of benzene rings is 1. The molecule has 1 aromatic carbocycles. The summed E-state index contributed by atoms with van der Waals surface area (Å²) in [7, 11) is -1.94. The summed E-state index contributed by atoms with van der Waals surface area (Å²) in [4.78, 5) is 11.7. The summed E-state index contributed by atoms with van der Waals surface area (Å²) >= 11 is 0. The fraction of sp³-hybridized carbons (Fsp3) is 0.462. The maximum atomic E-state index is 11.7. The first-order valence-corrected chi connectivity index (χ1v) is 8.22. The van der Waals surface area contributed by atoms with Crippen LogP contribution in [-0.2, 0) is 10.0 Å². The summed E-state index contributed by atoms with van der Waals surface area (Å²) in [5.74, 6) is 0.400. The number of amides is 2. The monoisotopic (exact) mass is 297 g/mol. The highest BCUT2D eigenvalue weighted by molar-refractivity contribution is 7.89. The predicted octanol–water partition coefficient (Wildman–Crippen LogP) is 1.23. The lowest BCUT2D eigenvalue weighted by Crippen LogP contribution is -2.35. The van der Waals surface area contributed by atoms with Gasteiger partial charge in [-0.3, -0.25) is 0 Å². The number of anilines is 1. The molecule has 1 fully saturated rings. The lowest BCUT2D eigenvalue weighted by atomic mass is 10.1. The average Bonchev–Trinajstić information content (AvgIpc) is 3.23. The van der Waals surface area contributed by atoms with Crippen LogP contribution < -0.4 is 15.4 Å². The van der Waals surface area contributed by atoms with E-state index in [0.29, 0.717) is 5.92 Å². The third-order valence-corrected chi connectivity index (χ3v) is 4.56. The second kappa shape index (κ2) is 6.23. The van der Waals surface area contributed by atoms with E-state index in [-0.39, 0.29) is 18.3 Å². The molecule has 0 unspecified atom stereocenters. The molecule has 110 valence electrons. The molecular formula is C13H19N3O3S. The van der Waals surface area contributed by atoms with Gasteiger partial charge in [0, 0.05) is 12.2 Å². The summed E-state index contributed by atoms with van der Waals surface area (Å²) in [6.07, 6.45) is 2.31. The zero-order valence-electron chi connectivity index (χ0n) is 11.3. The van der Waals surface area contributed by atoms with Gasteiger partial charge in [0.25, 0.3) is 0 Å². The molecule has 1 aliphatic carbocycles. The average molecular weight is 297 g/mol. The molecular weight excluding hydrogens is 278 g/mol. The van der Waals surface area contributed by atoms with Crippen LogP contribution >= 0.6 is 0 Å². The summed E-state index contributed by atoms with van der Waals surface area (Å²) in [6, 6.07) is 7.31. The summed E-state index contributed by atoms with van der Waals surface area (Å²) in [5.41, 5.74) is 1.94. The van der Waals surface area contributed by atoms with Crippen molar-refractivity contribution in [2.75, 3.05) is 24.7 Å². The first-order chi connectivity index (χ1) is 9.52. The molecule has 0 bridgehead atoms. The van der Waals surface area contributed by atoms with Gasteiger partial charge in [0.15, 0.2) is 0 Å². The van der Waals surface area contributed by atoms with Crippen LogP contribution in [0.2, 0.25) is 0 Å². The lowest BCUT2D eigenvalue weighted by molar-refractivity contribution is 0.252. The van der Waals surface area contributed by atoms with E-state index in [1.165, 1.54) is 7.05 Å². The van der Waals surface area contributed by atoms with E-state index in [1.807, 2.05) is 24.3 Å². The number of rotatable bonds is 6. The van der Waals surface area contributed by atoms with Crippen molar-refractivity contribution in [3.05, 3.63) is 29.8 Å². The normalized spacial score (nSPS) is 14.8. The topological polar surface area (TPSA) is 87.3 Å². The Morgan fingerprint density at radius 3 is 2.65 bits per heavy atom. The van der Waals surface area contributed by atoms with Crippen LogP contribution in [0.25, 0.3) is 0 Å². The van der Waals surface area contributed by atoms with Gasteiger partial charge in [0.1, 0.15) is 0 Å². The van der Waals surface area contributed by atoms with E-state index in [9.17, 15) is 13.2 Å². The van der Waals surface area contributed by atoms with Crippen LogP contribution in [0.1, 0.15) is 24.3 Å². The van der Waals surface area contributed by atoms with E-state index in [2.05, 4.69) is 15.4 Å². The van der Waals surface area contributed by atoms with E-state index < -0.39 is 10.0 Å². The summed E-state index contributed by atoms with van der Waals surface area (Å²) in [5, 5.41) is 5.31. The molecule has 1 aromatic rings.